The van der Waals surface area contributed by atoms with Crippen molar-refractivity contribution in [3.63, 3.8) is 0 Å². The highest BCUT2D eigenvalue weighted by atomic mass is 32.2. The highest BCUT2D eigenvalue weighted by Crippen LogP contribution is 2.22. The van der Waals surface area contributed by atoms with Crippen molar-refractivity contribution >= 4 is 15.9 Å². The molecule has 29 heavy (non-hydrogen) atoms. The molecular formula is C21H28N2O5S. The first-order valence-electron chi connectivity index (χ1n) is 10.1. The molecule has 1 aliphatic heterocycles. The van der Waals surface area contributed by atoms with Gasteiger partial charge in [-0.3, -0.25) is 4.79 Å². The van der Waals surface area contributed by atoms with E-state index >= 15 is 0 Å². The molecule has 0 saturated carbocycles. The minimum Gasteiger partial charge on any atom is -0.494 e. The molecule has 1 aromatic heterocycles. The van der Waals surface area contributed by atoms with Gasteiger partial charge in [0.25, 0.3) is 15.9 Å². The maximum absolute atomic E-state index is 12.6. The Morgan fingerprint density at radius 2 is 1.97 bits per heavy atom. The highest BCUT2D eigenvalue weighted by molar-refractivity contribution is 7.89. The number of carbonyl (C=O) groups is 1. The van der Waals surface area contributed by atoms with Gasteiger partial charge in [-0.25, -0.2) is 8.42 Å². The van der Waals surface area contributed by atoms with Gasteiger partial charge in [0.1, 0.15) is 5.75 Å². The van der Waals surface area contributed by atoms with Gasteiger partial charge in [-0.05, 0) is 49.1 Å². The SMILES string of the molecule is CCCCOc1cccc(CNC(=O)c2ccc(S(=O)(=O)N3CCCCC3)o2)c1. The molecule has 1 saturated heterocycles. The Hall–Kier alpha value is -2.32. The van der Waals surface area contributed by atoms with Crippen molar-refractivity contribution in [3.05, 3.63) is 47.7 Å². The normalized spacial score (nSPS) is 15.2. The molecular weight excluding hydrogens is 392 g/mol. The zero-order valence-electron chi connectivity index (χ0n) is 16.7. The highest BCUT2D eigenvalue weighted by Gasteiger charge is 2.29. The van der Waals surface area contributed by atoms with Gasteiger partial charge < -0.3 is 14.5 Å². The number of sulfonamides is 1. The van der Waals surface area contributed by atoms with Crippen LogP contribution >= 0.6 is 0 Å². The minimum absolute atomic E-state index is 0.0177. The van der Waals surface area contributed by atoms with Crippen LogP contribution in [-0.2, 0) is 16.6 Å². The smallest absolute Gasteiger partial charge is 0.287 e. The van der Waals surface area contributed by atoms with Crippen molar-refractivity contribution in [1.82, 2.24) is 9.62 Å². The zero-order valence-corrected chi connectivity index (χ0v) is 17.5. The average molecular weight is 421 g/mol. The number of rotatable bonds is 9. The number of hydrogen-bond acceptors (Lipinski definition) is 5. The molecule has 1 aromatic carbocycles. The summed E-state index contributed by atoms with van der Waals surface area (Å²) in [7, 11) is -3.69. The summed E-state index contributed by atoms with van der Waals surface area (Å²) >= 11 is 0. The van der Waals surface area contributed by atoms with Gasteiger partial charge in [-0.2, -0.15) is 4.31 Å². The van der Waals surface area contributed by atoms with Crippen molar-refractivity contribution in [2.75, 3.05) is 19.7 Å². The van der Waals surface area contributed by atoms with Crippen LogP contribution in [0.15, 0.2) is 45.9 Å². The topological polar surface area (TPSA) is 88.8 Å². The molecule has 3 rings (SSSR count). The average Bonchev–Trinajstić information content (AvgIpc) is 3.24. The second-order valence-electron chi connectivity index (χ2n) is 7.12. The molecule has 158 valence electrons. The molecule has 8 heteroatoms. The van der Waals surface area contributed by atoms with Crippen LogP contribution in [0, 0.1) is 0 Å². The predicted octanol–water partition coefficient (Wildman–Crippen LogP) is 3.56. The third-order valence-corrected chi connectivity index (χ3v) is 6.61. The Morgan fingerprint density at radius 3 is 2.72 bits per heavy atom. The van der Waals surface area contributed by atoms with Crippen LogP contribution in [0.1, 0.15) is 55.1 Å². The molecule has 1 fully saturated rings. The van der Waals surface area contributed by atoms with E-state index in [-0.39, 0.29) is 10.9 Å². The molecule has 1 N–H and O–H groups in total. The van der Waals surface area contributed by atoms with Crippen LogP contribution in [0.4, 0.5) is 0 Å². The maximum atomic E-state index is 12.6. The fraction of sp³-hybridized carbons (Fsp3) is 0.476. The van der Waals surface area contributed by atoms with Gasteiger partial charge in [0.15, 0.2) is 5.76 Å². The summed E-state index contributed by atoms with van der Waals surface area (Å²) in [5.74, 6) is 0.288. The number of unbranched alkanes of at least 4 members (excludes halogenated alkanes) is 1. The fourth-order valence-corrected chi connectivity index (χ4v) is 4.59. The fourth-order valence-electron chi connectivity index (χ4n) is 3.16. The third-order valence-electron chi connectivity index (χ3n) is 4.83. The molecule has 0 spiro atoms. The predicted molar refractivity (Wildman–Crippen MR) is 109 cm³/mol. The van der Waals surface area contributed by atoms with Gasteiger partial charge in [0.05, 0.1) is 6.61 Å². The number of nitrogens with one attached hydrogen (secondary N) is 1. The van der Waals surface area contributed by atoms with E-state index < -0.39 is 15.9 Å². The van der Waals surface area contributed by atoms with Crippen LogP contribution in [0.2, 0.25) is 0 Å². The van der Waals surface area contributed by atoms with Crippen LogP contribution in [0.25, 0.3) is 0 Å². The summed E-state index contributed by atoms with van der Waals surface area (Å²) in [5, 5.41) is 2.57. The van der Waals surface area contributed by atoms with E-state index in [2.05, 4.69) is 12.2 Å². The zero-order chi connectivity index (χ0) is 20.7. The lowest BCUT2D eigenvalue weighted by Crippen LogP contribution is -2.35. The Bertz CT molecular complexity index is 917. The molecule has 1 amide bonds. The molecule has 0 unspecified atom stereocenters. The van der Waals surface area contributed by atoms with Crippen molar-refractivity contribution < 1.29 is 22.4 Å². The second kappa shape index (κ2) is 9.93. The number of piperidine rings is 1. The van der Waals surface area contributed by atoms with Crippen molar-refractivity contribution in [2.45, 2.75) is 50.7 Å². The summed E-state index contributed by atoms with van der Waals surface area (Å²) in [4.78, 5) is 12.4. The largest absolute Gasteiger partial charge is 0.494 e. The standard InChI is InChI=1S/C21H28N2O5S/c1-2-3-14-27-18-9-7-8-17(15-18)16-22-21(24)19-10-11-20(28-19)29(25,26)23-12-5-4-6-13-23/h7-11,15H,2-6,12-14,16H2,1H3,(H,22,24). The summed E-state index contributed by atoms with van der Waals surface area (Å²) in [5.41, 5.74) is 0.889. The molecule has 0 bridgehead atoms. The second-order valence-corrected chi connectivity index (χ2v) is 8.98. The summed E-state index contributed by atoms with van der Waals surface area (Å²) in [6.45, 7) is 4.03. The number of ether oxygens (including phenoxy) is 1. The molecule has 0 aliphatic carbocycles. The molecule has 0 atom stereocenters. The van der Waals surface area contributed by atoms with Crippen LogP contribution in [0.3, 0.4) is 0 Å². The maximum Gasteiger partial charge on any atom is 0.287 e. The van der Waals surface area contributed by atoms with Crippen LogP contribution in [-0.4, -0.2) is 38.3 Å². The summed E-state index contributed by atoms with van der Waals surface area (Å²) in [6, 6.07) is 10.3. The first-order valence-corrected chi connectivity index (χ1v) is 11.5. The number of hydrogen-bond donors (Lipinski definition) is 1. The number of furan rings is 1. The van der Waals surface area contributed by atoms with Gasteiger partial charge >= 0.3 is 0 Å². The first-order chi connectivity index (χ1) is 14.0. The molecule has 0 radical (unpaired) electrons. The van der Waals surface area contributed by atoms with Gasteiger partial charge in [0, 0.05) is 19.6 Å². The Kier molecular flexibility index (Phi) is 7.33. The van der Waals surface area contributed by atoms with E-state index in [0.717, 1.165) is 43.4 Å². The lowest BCUT2D eigenvalue weighted by atomic mass is 10.2. The van der Waals surface area contributed by atoms with E-state index in [9.17, 15) is 13.2 Å². The lowest BCUT2D eigenvalue weighted by Gasteiger charge is -2.24. The third kappa shape index (κ3) is 5.61. The van der Waals surface area contributed by atoms with Crippen molar-refractivity contribution in [2.24, 2.45) is 0 Å². The van der Waals surface area contributed by atoms with Gasteiger partial charge in [0.2, 0.25) is 5.09 Å². The minimum atomic E-state index is -3.69. The van der Waals surface area contributed by atoms with E-state index in [1.54, 1.807) is 0 Å². The number of carbonyl (C=O) groups excluding carboxylic acids is 1. The molecule has 1 aliphatic rings. The monoisotopic (exact) mass is 420 g/mol. The van der Waals surface area contributed by atoms with Crippen molar-refractivity contribution in [3.8, 4) is 5.75 Å². The Morgan fingerprint density at radius 1 is 1.17 bits per heavy atom. The Balaban J connectivity index is 1.58. The summed E-state index contributed by atoms with van der Waals surface area (Å²) in [6.07, 6.45) is 4.77. The number of nitrogens with zero attached hydrogens (tertiary/aromatic N) is 1. The lowest BCUT2D eigenvalue weighted by molar-refractivity contribution is 0.0917. The first kappa shape index (κ1) is 21.4. The summed E-state index contributed by atoms with van der Waals surface area (Å²) < 4.78 is 37.7. The van der Waals surface area contributed by atoms with Crippen LogP contribution in [0.5, 0.6) is 5.75 Å². The Labute approximate surface area is 172 Å². The van der Waals surface area contributed by atoms with Gasteiger partial charge in [-0.1, -0.05) is 31.9 Å². The quantitative estimate of drug-likeness (QED) is 0.627. The van der Waals surface area contributed by atoms with Gasteiger partial charge in [-0.15, -0.1) is 0 Å². The molecule has 2 heterocycles. The van der Waals surface area contributed by atoms with E-state index in [0.29, 0.717) is 26.2 Å². The van der Waals surface area contributed by atoms with Crippen LogP contribution < -0.4 is 10.1 Å². The molecule has 7 nitrogen and oxygen atoms in total. The number of amides is 1. The molecule has 2 aromatic rings. The van der Waals surface area contributed by atoms with E-state index in [4.69, 9.17) is 9.15 Å². The number of benzene rings is 1. The van der Waals surface area contributed by atoms with E-state index in [1.807, 2.05) is 24.3 Å². The van der Waals surface area contributed by atoms with Crippen molar-refractivity contribution in [1.29, 1.82) is 0 Å². The van der Waals surface area contributed by atoms with E-state index in [1.165, 1.54) is 16.4 Å².